The highest BCUT2D eigenvalue weighted by Gasteiger charge is 2.34. The van der Waals surface area contributed by atoms with Crippen LogP contribution in [0, 0.1) is 0 Å². The maximum atomic E-state index is 14.5. The molecule has 8 nitrogen and oxygen atoms in total. The van der Waals surface area contributed by atoms with E-state index in [1.165, 1.54) is 17.0 Å². The number of hydrogen-bond acceptors (Lipinski definition) is 5. The van der Waals surface area contributed by atoms with Crippen molar-refractivity contribution in [3.63, 3.8) is 0 Å². The lowest BCUT2D eigenvalue weighted by Gasteiger charge is -2.34. The molecule has 1 atom stereocenters. The number of hydrogen-bond donors (Lipinski definition) is 1. The third-order valence-electron chi connectivity index (χ3n) is 7.41. The second-order valence-corrected chi connectivity index (χ2v) is 13.5. The van der Waals surface area contributed by atoms with Gasteiger partial charge in [0.1, 0.15) is 18.3 Å². The molecule has 242 valence electrons. The summed E-state index contributed by atoms with van der Waals surface area (Å²) in [6, 6.07) is 30.9. The van der Waals surface area contributed by atoms with Crippen molar-refractivity contribution < 1.29 is 22.7 Å². The molecule has 0 aliphatic carbocycles. The second-order valence-electron chi connectivity index (χ2n) is 10.7. The van der Waals surface area contributed by atoms with E-state index in [1.54, 1.807) is 36.4 Å². The zero-order valence-electron chi connectivity index (χ0n) is 26.1. The van der Waals surface area contributed by atoms with E-state index >= 15 is 0 Å². The third-order valence-corrected chi connectivity index (χ3v) is 9.73. The largest absolute Gasteiger partial charge is 0.494 e. The summed E-state index contributed by atoms with van der Waals surface area (Å²) in [4.78, 5) is 29.8. The van der Waals surface area contributed by atoms with Crippen molar-refractivity contribution in [2.45, 2.75) is 50.6 Å². The standard InChI is InChI=1S/C36H40BrN3O5S/c1-3-5-24-38-36(42)34(25-28-12-8-6-9-13-28)39(26-29-14-10-7-11-15-29)35(41)27-40(31-18-20-32(21-19-31)45-4-2)46(43,44)33-22-16-30(37)17-23-33/h6-23,34H,3-5,24-27H2,1-2H3,(H,38,42)/t34-/m0/s1. The van der Waals surface area contributed by atoms with Gasteiger partial charge in [-0.1, -0.05) is 89.9 Å². The molecule has 0 spiro atoms. The van der Waals surface area contributed by atoms with Gasteiger partial charge in [0.2, 0.25) is 11.8 Å². The Balaban J connectivity index is 1.77. The smallest absolute Gasteiger partial charge is 0.264 e. The van der Waals surface area contributed by atoms with Crippen molar-refractivity contribution in [2.75, 3.05) is 24.0 Å². The van der Waals surface area contributed by atoms with Crippen LogP contribution in [0.2, 0.25) is 0 Å². The minimum Gasteiger partial charge on any atom is -0.494 e. The van der Waals surface area contributed by atoms with Crippen LogP contribution in [0.15, 0.2) is 119 Å². The Morgan fingerprint density at radius 2 is 1.43 bits per heavy atom. The zero-order chi connectivity index (χ0) is 32.9. The van der Waals surface area contributed by atoms with Gasteiger partial charge in [0.15, 0.2) is 0 Å². The van der Waals surface area contributed by atoms with Gasteiger partial charge >= 0.3 is 0 Å². The van der Waals surface area contributed by atoms with Gasteiger partial charge in [0.05, 0.1) is 17.2 Å². The highest BCUT2D eigenvalue weighted by Crippen LogP contribution is 2.28. The molecule has 0 radical (unpaired) electrons. The predicted molar refractivity (Wildman–Crippen MR) is 185 cm³/mol. The summed E-state index contributed by atoms with van der Waals surface area (Å²) < 4.78 is 35.7. The Hall–Kier alpha value is -4.15. The summed E-state index contributed by atoms with van der Waals surface area (Å²) in [5.74, 6) is -0.217. The molecule has 10 heteroatoms. The van der Waals surface area contributed by atoms with Crippen molar-refractivity contribution in [1.29, 1.82) is 0 Å². The van der Waals surface area contributed by atoms with E-state index in [9.17, 15) is 18.0 Å². The second kappa shape index (κ2) is 17.0. The number of anilines is 1. The summed E-state index contributed by atoms with van der Waals surface area (Å²) in [7, 11) is -4.20. The first-order chi connectivity index (χ1) is 22.2. The van der Waals surface area contributed by atoms with Gasteiger partial charge in [-0.25, -0.2) is 8.42 Å². The van der Waals surface area contributed by atoms with Gasteiger partial charge in [0, 0.05) is 24.0 Å². The Kier molecular flexibility index (Phi) is 12.8. The van der Waals surface area contributed by atoms with Gasteiger partial charge in [-0.05, 0) is 73.0 Å². The van der Waals surface area contributed by atoms with E-state index in [4.69, 9.17) is 4.74 Å². The average Bonchev–Trinajstić information content (AvgIpc) is 3.07. The summed E-state index contributed by atoms with van der Waals surface area (Å²) in [6.07, 6.45) is 1.97. The first-order valence-corrected chi connectivity index (χ1v) is 17.6. The number of unbranched alkanes of at least 4 members (excludes halogenated alkanes) is 1. The Labute approximate surface area is 280 Å². The average molecular weight is 707 g/mol. The van der Waals surface area contributed by atoms with Crippen LogP contribution in [0.3, 0.4) is 0 Å². The molecule has 1 N–H and O–H groups in total. The third kappa shape index (κ3) is 9.43. The maximum absolute atomic E-state index is 14.5. The Bertz CT molecular complexity index is 1650. The molecule has 46 heavy (non-hydrogen) atoms. The molecule has 0 saturated carbocycles. The van der Waals surface area contributed by atoms with Gasteiger partial charge in [0.25, 0.3) is 10.0 Å². The van der Waals surface area contributed by atoms with Crippen molar-refractivity contribution in [3.8, 4) is 5.75 Å². The predicted octanol–water partition coefficient (Wildman–Crippen LogP) is 6.60. The van der Waals surface area contributed by atoms with Crippen molar-refractivity contribution in [3.05, 3.63) is 125 Å². The highest BCUT2D eigenvalue weighted by molar-refractivity contribution is 9.10. The minimum absolute atomic E-state index is 0.0325. The molecule has 4 aromatic carbocycles. The van der Waals surface area contributed by atoms with E-state index in [-0.39, 0.29) is 23.8 Å². The summed E-state index contributed by atoms with van der Waals surface area (Å²) in [5, 5.41) is 3.01. The molecule has 0 aliphatic rings. The lowest BCUT2D eigenvalue weighted by Crippen LogP contribution is -2.53. The van der Waals surface area contributed by atoms with Crippen molar-refractivity contribution in [1.82, 2.24) is 10.2 Å². The fourth-order valence-corrected chi connectivity index (χ4v) is 6.66. The normalized spacial score (nSPS) is 11.8. The monoisotopic (exact) mass is 705 g/mol. The van der Waals surface area contributed by atoms with E-state index in [0.29, 0.717) is 24.6 Å². The fourth-order valence-electron chi connectivity index (χ4n) is 4.98. The van der Waals surface area contributed by atoms with E-state index < -0.39 is 28.5 Å². The molecule has 0 fully saturated rings. The molecule has 4 aromatic rings. The van der Waals surface area contributed by atoms with Gasteiger partial charge < -0.3 is 15.0 Å². The fraction of sp³-hybridized carbons (Fsp3) is 0.278. The summed E-state index contributed by atoms with van der Waals surface area (Å²) in [5.41, 5.74) is 2.00. The number of nitrogens with zero attached hydrogens (tertiary/aromatic N) is 2. The SMILES string of the molecule is CCCCNC(=O)[C@H](Cc1ccccc1)N(Cc1ccccc1)C(=O)CN(c1ccc(OCC)cc1)S(=O)(=O)c1ccc(Br)cc1. The maximum Gasteiger partial charge on any atom is 0.264 e. The van der Waals surface area contributed by atoms with Crippen LogP contribution in [0.25, 0.3) is 0 Å². The summed E-state index contributed by atoms with van der Waals surface area (Å²) in [6.45, 7) is 4.43. The van der Waals surface area contributed by atoms with E-state index in [1.807, 2.05) is 74.5 Å². The highest BCUT2D eigenvalue weighted by atomic mass is 79.9. The number of sulfonamides is 1. The number of ether oxygens (including phenoxy) is 1. The number of nitrogens with one attached hydrogen (secondary N) is 1. The van der Waals surface area contributed by atoms with Crippen LogP contribution in [0.5, 0.6) is 5.75 Å². The van der Waals surface area contributed by atoms with Gasteiger partial charge in [-0.15, -0.1) is 0 Å². The molecular weight excluding hydrogens is 666 g/mol. The number of carbonyl (C=O) groups excluding carboxylic acids is 2. The molecule has 0 aliphatic heterocycles. The van der Waals surface area contributed by atoms with Gasteiger partial charge in [-0.3, -0.25) is 13.9 Å². The zero-order valence-corrected chi connectivity index (χ0v) is 28.5. The lowest BCUT2D eigenvalue weighted by atomic mass is 10.0. The number of benzene rings is 4. The number of rotatable bonds is 16. The molecule has 0 saturated heterocycles. The molecule has 4 rings (SSSR count). The van der Waals surface area contributed by atoms with E-state index in [2.05, 4.69) is 21.2 Å². The van der Waals surface area contributed by atoms with Crippen LogP contribution < -0.4 is 14.4 Å². The Morgan fingerprint density at radius 1 is 0.826 bits per heavy atom. The lowest BCUT2D eigenvalue weighted by molar-refractivity contribution is -0.140. The number of carbonyl (C=O) groups is 2. The van der Waals surface area contributed by atoms with Crippen LogP contribution in [-0.2, 0) is 32.6 Å². The van der Waals surface area contributed by atoms with Crippen molar-refractivity contribution in [2.24, 2.45) is 0 Å². The molecule has 0 bridgehead atoms. The Morgan fingerprint density at radius 3 is 2.02 bits per heavy atom. The first-order valence-electron chi connectivity index (χ1n) is 15.4. The van der Waals surface area contributed by atoms with Crippen LogP contribution in [-0.4, -0.2) is 50.9 Å². The van der Waals surface area contributed by atoms with Crippen LogP contribution >= 0.6 is 15.9 Å². The molecule has 0 heterocycles. The molecule has 0 aromatic heterocycles. The van der Waals surface area contributed by atoms with Gasteiger partial charge in [-0.2, -0.15) is 0 Å². The quantitative estimate of drug-likeness (QED) is 0.133. The van der Waals surface area contributed by atoms with E-state index in [0.717, 1.165) is 32.7 Å². The van der Waals surface area contributed by atoms with Crippen molar-refractivity contribution >= 4 is 43.5 Å². The first kappa shape index (κ1) is 34.7. The number of amides is 2. The number of halogens is 1. The molecule has 2 amide bonds. The minimum atomic E-state index is -4.20. The topological polar surface area (TPSA) is 96.0 Å². The molecule has 0 unspecified atom stereocenters. The molecular formula is C36H40BrN3O5S. The van der Waals surface area contributed by atoms with Crippen LogP contribution in [0.4, 0.5) is 5.69 Å². The summed E-state index contributed by atoms with van der Waals surface area (Å²) >= 11 is 3.37. The van der Waals surface area contributed by atoms with Crippen LogP contribution in [0.1, 0.15) is 37.8 Å².